The van der Waals surface area contributed by atoms with Crippen LogP contribution in [0.15, 0.2) is 53.0 Å². The molecule has 0 radical (unpaired) electrons. The molecule has 4 heteroatoms. The summed E-state index contributed by atoms with van der Waals surface area (Å²) >= 11 is 3.46. The molecule has 0 aliphatic carbocycles. The van der Waals surface area contributed by atoms with Crippen LogP contribution in [0.4, 0.5) is 5.69 Å². The summed E-state index contributed by atoms with van der Waals surface area (Å²) in [5, 5.41) is 8.97. The van der Waals surface area contributed by atoms with E-state index in [0.717, 1.165) is 23.2 Å². The van der Waals surface area contributed by atoms with E-state index < -0.39 is 5.97 Å². The number of hydrogen-bond donors (Lipinski definition) is 1. The molecule has 2 aromatic rings. The van der Waals surface area contributed by atoms with E-state index in [4.69, 9.17) is 5.11 Å². The number of anilines is 1. The summed E-state index contributed by atoms with van der Waals surface area (Å²) in [6.45, 7) is 1.93. The first-order chi connectivity index (χ1) is 9.65. The first-order valence-corrected chi connectivity index (χ1v) is 7.27. The summed E-state index contributed by atoms with van der Waals surface area (Å²) in [7, 11) is 0. The van der Waals surface area contributed by atoms with E-state index in [2.05, 4.69) is 45.1 Å². The molecule has 1 saturated heterocycles. The largest absolute Gasteiger partial charge is 0.478 e. The molecule has 102 valence electrons. The molecule has 2 aromatic carbocycles. The number of rotatable bonds is 3. The van der Waals surface area contributed by atoms with Gasteiger partial charge in [0, 0.05) is 23.5 Å². The number of carbonyl (C=O) groups is 1. The standard InChI is InChI=1S/C16H14BrNO2/c17-14-8-12(16(19)20)6-7-15(14)18-9-13(10-18)11-4-2-1-3-5-11/h1-8,13H,9-10H2,(H,19,20). The van der Waals surface area contributed by atoms with Crippen molar-refractivity contribution >= 4 is 27.6 Å². The second kappa shape index (κ2) is 5.29. The van der Waals surface area contributed by atoms with Gasteiger partial charge < -0.3 is 10.0 Å². The number of carboxylic acids is 1. The van der Waals surface area contributed by atoms with Crippen molar-refractivity contribution in [3.8, 4) is 0 Å². The first-order valence-electron chi connectivity index (χ1n) is 6.48. The highest BCUT2D eigenvalue weighted by atomic mass is 79.9. The Balaban J connectivity index is 1.73. The molecular formula is C16H14BrNO2. The lowest BCUT2D eigenvalue weighted by molar-refractivity contribution is 0.0697. The smallest absolute Gasteiger partial charge is 0.335 e. The quantitative estimate of drug-likeness (QED) is 0.931. The van der Waals surface area contributed by atoms with E-state index in [1.54, 1.807) is 12.1 Å². The monoisotopic (exact) mass is 331 g/mol. The Morgan fingerprint density at radius 1 is 1.15 bits per heavy atom. The lowest BCUT2D eigenvalue weighted by Crippen LogP contribution is -2.45. The maximum absolute atomic E-state index is 10.9. The van der Waals surface area contributed by atoms with Gasteiger partial charge in [-0.2, -0.15) is 0 Å². The van der Waals surface area contributed by atoms with Crippen LogP contribution in [-0.4, -0.2) is 24.2 Å². The summed E-state index contributed by atoms with van der Waals surface area (Å²) in [4.78, 5) is 13.2. The van der Waals surface area contributed by atoms with Crippen LogP contribution in [0.25, 0.3) is 0 Å². The first kappa shape index (κ1) is 13.2. The molecule has 1 aliphatic rings. The minimum absolute atomic E-state index is 0.306. The van der Waals surface area contributed by atoms with Crippen molar-refractivity contribution in [3.05, 3.63) is 64.1 Å². The van der Waals surface area contributed by atoms with Gasteiger partial charge in [-0.1, -0.05) is 30.3 Å². The van der Waals surface area contributed by atoms with Crippen LogP contribution < -0.4 is 4.90 Å². The number of halogens is 1. The zero-order chi connectivity index (χ0) is 14.1. The van der Waals surface area contributed by atoms with Crippen molar-refractivity contribution in [3.63, 3.8) is 0 Å². The van der Waals surface area contributed by atoms with Gasteiger partial charge in [0.15, 0.2) is 0 Å². The molecule has 0 spiro atoms. The third kappa shape index (κ3) is 2.43. The third-order valence-electron chi connectivity index (χ3n) is 3.69. The molecule has 0 bridgehead atoms. The summed E-state index contributed by atoms with van der Waals surface area (Å²) in [6.07, 6.45) is 0. The molecule has 1 heterocycles. The fourth-order valence-electron chi connectivity index (χ4n) is 2.51. The highest BCUT2D eigenvalue weighted by molar-refractivity contribution is 9.10. The van der Waals surface area contributed by atoms with Crippen molar-refractivity contribution in [1.82, 2.24) is 0 Å². The maximum atomic E-state index is 10.9. The summed E-state index contributed by atoms with van der Waals surface area (Å²) < 4.78 is 0.837. The predicted octanol–water partition coefficient (Wildman–Crippen LogP) is 3.75. The van der Waals surface area contributed by atoms with Crippen molar-refractivity contribution in [2.75, 3.05) is 18.0 Å². The van der Waals surface area contributed by atoms with Gasteiger partial charge in [0.2, 0.25) is 0 Å². The van der Waals surface area contributed by atoms with E-state index in [1.807, 2.05) is 12.1 Å². The zero-order valence-electron chi connectivity index (χ0n) is 10.8. The Morgan fingerprint density at radius 2 is 1.85 bits per heavy atom. The molecule has 1 fully saturated rings. The zero-order valence-corrected chi connectivity index (χ0v) is 12.4. The van der Waals surface area contributed by atoms with Gasteiger partial charge in [0.05, 0.1) is 11.3 Å². The van der Waals surface area contributed by atoms with E-state index >= 15 is 0 Å². The minimum Gasteiger partial charge on any atom is -0.478 e. The summed E-state index contributed by atoms with van der Waals surface area (Å²) in [6, 6.07) is 15.7. The lowest BCUT2D eigenvalue weighted by atomic mass is 9.91. The second-order valence-electron chi connectivity index (χ2n) is 4.98. The van der Waals surface area contributed by atoms with E-state index in [0.29, 0.717) is 11.5 Å². The molecule has 3 rings (SSSR count). The van der Waals surface area contributed by atoms with E-state index in [1.165, 1.54) is 5.56 Å². The molecular weight excluding hydrogens is 318 g/mol. The van der Waals surface area contributed by atoms with Gasteiger partial charge >= 0.3 is 5.97 Å². The Morgan fingerprint density at radius 3 is 2.45 bits per heavy atom. The van der Waals surface area contributed by atoms with E-state index in [9.17, 15) is 4.79 Å². The van der Waals surface area contributed by atoms with Gasteiger partial charge in [-0.15, -0.1) is 0 Å². The average molecular weight is 332 g/mol. The SMILES string of the molecule is O=C(O)c1ccc(N2CC(c3ccccc3)C2)c(Br)c1. The topological polar surface area (TPSA) is 40.5 Å². The van der Waals surface area contributed by atoms with Crippen LogP contribution in [0, 0.1) is 0 Å². The molecule has 1 aliphatic heterocycles. The fourth-order valence-corrected chi connectivity index (χ4v) is 3.14. The number of carboxylic acid groups (broad SMARTS) is 1. The van der Waals surface area contributed by atoms with Crippen LogP contribution in [0.5, 0.6) is 0 Å². The average Bonchev–Trinajstić information content (AvgIpc) is 2.40. The van der Waals surface area contributed by atoms with Crippen LogP contribution in [0.2, 0.25) is 0 Å². The Kier molecular flexibility index (Phi) is 3.49. The van der Waals surface area contributed by atoms with E-state index in [-0.39, 0.29) is 0 Å². The molecule has 0 amide bonds. The van der Waals surface area contributed by atoms with Crippen LogP contribution >= 0.6 is 15.9 Å². The van der Waals surface area contributed by atoms with Gasteiger partial charge in [-0.05, 0) is 39.7 Å². The van der Waals surface area contributed by atoms with Crippen LogP contribution in [-0.2, 0) is 0 Å². The third-order valence-corrected chi connectivity index (χ3v) is 4.32. The molecule has 0 atom stereocenters. The van der Waals surface area contributed by atoms with Crippen molar-refractivity contribution in [2.24, 2.45) is 0 Å². The molecule has 3 nitrogen and oxygen atoms in total. The Hall–Kier alpha value is -1.81. The Bertz CT molecular complexity index is 636. The normalized spacial score (nSPS) is 14.9. The Labute approximate surface area is 126 Å². The van der Waals surface area contributed by atoms with Crippen molar-refractivity contribution in [1.29, 1.82) is 0 Å². The minimum atomic E-state index is -0.900. The van der Waals surface area contributed by atoms with Crippen LogP contribution in [0.1, 0.15) is 21.8 Å². The van der Waals surface area contributed by atoms with Gasteiger partial charge in [-0.3, -0.25) is 0 Å². The summed E-state index contributed by atoms with van der Waals surface area (Å²) in [5.41, 5.74) is 2.73. The highest BCUT2D eigenvalue weighted by Crippen LogP contribution is 2.36. The molecule has 1 N–H and O–H groups in total. The number of hydrogen-bond acceptors (Lipinski definition) is 2. The molecule has 0 saturated carbocycles. The molecule has 0 unspecified atom stereocenters. The van der Waals surface area contributed by atoms with Crippen molar-refractivity contribution < 1.29 is 9.90 Å². The number of benzene rings is 2. The maximum Gasteiger partial charge on any atom is 0.335 e. The summed E-state index contributed by atoms with van der Waals surface area (Å²) in [5.74, 6) is -0.342. The second-order valence-corrected chi connectivity index (χ2v) is 5.84. The highest BCUT2D eigenvalue weighted by Gasteiger charge is 2.29. The van der Waals surface area contributed by atoms with Gasteiger partial charge in [0.1, 0.15) is 0 Å². The van der Waals surface area contributed by atoms with Gasteiger partial charge in [0.25, 0.3) is 0 Å². The number of aromatic carboxylic acids is 1. The van der Waals surface area contributed by atoms with Gasteiger partial charge in [-0.25, -0.2) is 4.79 Å². The number of nitrogens with zero attached hydrogens (tertiary/aromatic N) is 1. The lowest BCUT2D eigenvalue weighted by Gasteiger charge is -2.42. The predicted molar refractivity (Wildman–Crippen MR) is 82.5 cm³/mol. The van der Waals surface area contributed by atoms with Crippen LogP contribution in [0.3, 0.4) is 0 Å². The molecule has 20 heavy (non-hydrogen) atoms. The van der Waals surface area contributed by atoms with Crippen molar-refractivity contribution in [2.45, 2.75) is 5.92 Å². The fraction of sp³-hybridized carbons (Fsp3) is 0.188. The molecule has 0 aromatic heterocycles.